The molecule has 1 fully saturated rings. The van der Waals surface area contributed by atoms with Crippen LogP contribution >= 0.6 is 0 Å². The summed E-state index contributed by atoms with van der Waals surface area (Å²) in [7, 11) is 0. The van der Waals surface area contributed by atoms with Gasteiger partial charge in [0.05, 0.1) is 0 Å². The van der Waals surface area contributed by atoms with E-state index in [-0.39, 0.29) is 0 Å². The Labute approximate surface area is 101 Å². The van der Waals surface area contributed by atoms with Gasteiger partial charge in [0.2, 0.25) is 0 Å². The summed E-state index contributed by atoms with van der Waals surface area (Å²) in [5.74, 6) is 0. The Morgan fingerprint density at radius 1 is 0.812 bits per heavy atom. The van der Waals surface area contributed by atoms with Crippen LogP contribution in [0.4, 0.5) is 0 Å². The molecule has 1 N–H and O–H groups in total. The third-order valence-electron chi connectivity index (χ3n) is 3.32. The third-order valence-corrected chi connectivity index (χ3v) is 3.32. The topological polar surface area (TPSA) is 18.5 Å². The van der Waals surface area contributed by atoms with Crippen LogP contribution in [0.2, 0.25) is 0 Å². The molecule has 0 saturated carbocycles. The number of nitrogens with one attached hydrogen (secondary N) is 1. The molecule has 0 aromatic rings. The van der Waals surface area contributed by atoms with E-state index in [1.165, 1.54) is 65.1 Å². The van der Waals surface area contributed by atoms with Gasteiger partial charge in [-0.1, -0.05) is 20.3 Å². The van der Waals surface area contributed by atoms with Crippen molar-refractivity contribution in [1.82, 2.24) is 15.1 Å². The Balaban J connectivity index is 1.95. The van der Waals surface area contributed by atoms with E-state index in [9.17, 15) is 0 Å². The van der Waals surface area contributed by atoms with Crippen molar-refractivity contribution in [3.8, 4) is 0 Å². The van der Waals surface area contributed by atoms with E-state index in [4.69, 9.17) is 0 Å². The highest BCUT2D eigenvalue weighted by Crippen LogP contribution is 2.01. The number of hydrogen-bond acceptors (Lipinski definition) is 3. The summed E-state index contributed by atoms with van der Waals surface area (Å²) in [5, 5.41) is 3.51. The van der Waals surface area contributed by atoms with Gasteiger partial charge in [-0.05, 0) is 25.9 Å². The highest BCUT2D eigenvalue weighted by atomic mass is 15.3. The van der Waals surface area contributed by atoms with E-state index < -0.39 is 0 Å². The summed E-state index contributed by atoms with van der Waals surface area (Å²) in [6.45, 7) is 14.4. The molecule has 16 heavy (non-hydrogen) atoms. The molecule has 0 aromatic heterocycles. The van der Waals surface area contributed by atoms with Crippen molar-refractivity contribution in [3.63, 3.8) is 0 Å². The molecule has 0 radical (unpaired) electrons. The standard InChI is InChI=1S/C13H29N3/c1-3-5-6-14-7-9-16-12-10-15(8-4-2)11-13-16/h14H,3-13H2,1-2H3. The van der Waals surface area contributed by atoms with Gasteiger partial charge in [-0.3, -0.25) is 4.90 Å². The summed E-state index contributed by atoms with van der Waals surface area (Å²) in [4.78, 5) is 5.17. The van der Waals surface area contributed by atoms with Gasteiger partial charge in [0.1, 0.15) is 0 Å². The second-order valence-corrected chi connectivity index (χ2v) is 4.79. The molecule has 0 bridgehead atoms. The van der Waals surface area contributed by atoms with Gasteiger partial charge in [0.15, 0.2) is 0 Å². The molecule has 3 heteroatoms. The summed E-state index contributed by atoms with van der Waals surface area (Å²) in [6, 6.07) is 0. The van der Waals surface area contributed by atoms with Gasteiger partial charge in [-0.25, -0.2) is 0 Å². The molecule has 1 aliphatic heterocycles. The van der Waals surface area contributed by atoms with Gasteiger partial charge in [-0.15, -0.1) is 0 Å². The van der Waals surface area contributed by atoms with Crippen LogP contribution in [-0.2, 0) is 0 Å². The predicted molar refractivity (Wildman–Crippen MR) is 70.9 cm³/mol. The molecular weight excluding hydrogens is 198 g/mol. The van der Waals surface area contributed by atoms with Crippen molar-refractivity contribution in [2.24, 2.45) is 0 Å². The van der Waals surface area contributed by atoms with Crippen molar-refractivity contribution in [1.29, 1.82) is 0 Å². The molecule has 0 amide bonds. The molecule has 1 saturated heterocycles. The van der Waals surface area contributed by atoms with Gasteiger partial charge < -0.3 is 10.2 Å². The lowest BCUT2D eigenvalue weighted by Gasteiger charge is -2.34. The highest BCUT2D eigenvalue weighted by molar-refractivity contribution is 4.71. The van der Waals surface area contributed by atoms with E-state index in [0.29, 0.717) is 0 Å². The monoisotopic (exact) mass is 227 g/mol. The second kappa shape index (κ2) is 8.97. The van der Waals surface area contributed by atoms with Crippen LogP contribution in [0, 0.1) is 0 Å². The third kappa shape index (κ3) is 5.83. The van der Waals surface area contributed by atoms with Crippen LogP contribution in [0.5, 0.6) is 0 Å². The first-order chi connectivity index (χ1) is 7.86. The van der Waals surface area contributed by atoms with Crippen molar-refractivity contribution in [2.75, 3.05) is 52.4 Å². The predicted octanol–water partition coefficient (Wildman–Crippen LogP) is 1.40. The van der Waals surface area contributed by atoms with E-state index in [2.05, 4.69) is 29.0 Å². The first kappa shape index (κ1) is 13.9. The molecule has 1 heterocycles. The molecule has 0 atom stereocenters. The highest BCUT2D eigenvalue weighted by Gasteiger charge is 2.14. The SMILES string of the molecule is CCCCNCCN1CCN(CCC)CC1. The summed E-state index contributed by atoms with van der Waals surface area (Å²) < 4.78 is 0. The van der Waals surface area contributed by atoms with E-state index >= 15 is 0 Å². The zero-order chi connectivity index (χ0) is 11.6. The van der Waals surface area contributed by atoms with Gasteiger partial charge in [-0.2, -0.15) is 0 Å². The van der Waals surface area contributed by atoms with E-state index in [1.807, 2.05) is 0 Å². The number of nitrogens with zero attached hydrogens (tertiary/aromatic N) is 2. The first-order valence-electron chi connectivity index (χ1n) is 7.02. The Hall–Kier alpha value is -0.120. The quantitative estimate of drug-likeness (QED) is 0.633. The zero-order valence-electron chi connectivity index (χ0n) is 11.2. The van der Waals surface area contributed by atoms with Crippen LogP contribution in [0.3, 0.4) is 0 Å². The number of piperazine rings is 1. The number of rotatable bonds is 8. The fraction of sp³-hybridized carbons (Fsp3) is 1.00. The normalized spacial score (nSPS) is 19.1. The minimum absolute atomic E-state index is 1.16. The van der Waals surface area contributed by atoms with Crippen LogP contribution in [-0.4, -0.2) is 62.2 Å². The number of unbranched alkanes of at least 4 members (excludes halogenated alkanes) is 1. The Morgan fingerprint density at radius 2 is 1.44 bits per heavy atom. The van der Waals surface area contributed by atoms with Crippen molar-refractivity contribution in [2.45, 2.75) is 33.1 Å². The molecular formula is C13H29N3. The van der Waals surface area contributed by atoms with Crippen molar-refractivity contribution in [3.05, 3.63) is 0 Å². The molecule has 0 spiro atoms. The van der Waals surface area contributed by atoms with Gasteiger partial charge >= 0.3 is 0 Å². The molecule has 0 unspecified atom stereocenters. The van der Waals surface area contributed by atoms with Gasteiger partial charge in [0.25, 0.3) is 0 Å². The van der Waals surface area contributed by atoms with Crippen LogP contribution in [0.1, 0.15) is 33.1 Å². The minimum Gasteiger partial charge on any atom is -0.315 e. The van der Waals surface area contributed by atoms with E-state index in [0.717, 1.165) is 6.54 Å². The summed E-state index contributed by atoms with van der Waals surface area (Å²) in [5.41, 5.74) is 0. The van der Waals surface area contributed by atoms with Crippen molar-refractivity contribution < 1.29 is 0 Å². The van der Waals surface area contributed by atoms with Crippen LogP contribution in [0.25, 0.3) is 0 Å². The maximum Gasteiger partial charge on any atom is 0.0110 e. The molecule has 0 aliphatic carbocycles. The zero-order valence-corrected chi connectivity index (χ0v) is 11.2. The second-order valence-electron chi connectivity index (χ2n) is 4.79. The largest absolute Gasteiger partial charge is 0.315 e. The minimum atomic E-state index is 1.16. The Kier molecular flexibility index (Phi) is 7.81. The fourth-order valence-electron chi connectivity index (χ4n) is 2.22. The Bertz CT molecular complexity index is 153. The molecule has 3 nitrogen and oxygen atoms in total. The lowest BCUT2D eigenvalue weighted by molar-refractivity contribution is 0.133. The summed E-state index contributed by atoms with van der Waals surface area (Å²) >= 11 is 0. The van der Waals surface area contributed by atoms with Crippen molar-refractivity contribution >= 4 is 0 Å². The smallest absolute Gasteiger partial charge is 0.0110 e. The number of hydrogen-bond donors (Lipinski definition) is 1. The maximum absolute atomic E-state index is 3.51. The first-order valence-corrected chi connectivity index (χ1v) is 7.02. The lowest BCUT2D eigenvalue weighted by Crippen LogP contribution is -2.48. The van der Waals surface area contributed by atoms with Gasteiger partial charge in [0, 0.05) is 39.3 Å². The Morgan fingerprint density at radius 3 is 2.00 bits per heavy atom. The molecule has 1 rings (SSSR count). The molecule has 1 aliphatic rings. The average Bonchev–Trinajstić information content (AvgIpc) is 2.31. The van der Waals surface area contributed by atoms with E-state index in [1.54, 1.807) is 0 Å². The molecule has 96 valence electrons. The fourth-order valence-corrected chi connectivity index (χ4v) is 2.22. The summed E-state index contributed by atoms with van der Waals surface area (Å²) in [6.07, 6.45) is 3.89. The maximum atomic E-state index is 3.51. The average molecular weight is 227 g/mol. The van der Waals surface area contributed by atoms with Crippen LogP contribution in [0.15, 0.2) is 0 Å². The molecule has 0 aromatic carbocycles. The lowest BCUT2D eigenvalue weighted by atomic mass is 10.3. The van der Waals surface area contributed by atoms with Crippen LogP contribution < -0.4 is 5.32 Å².